The predicted octanol–water partition coefficient (Wildman–Crippen LogP) is 3.09. The third-order valence-electron chi connectivity index (χ3n) is 5.24. The van der Waals surface area contributed by atoms with E-state index >= 15 is 0 Å². The number of nitrogens with one attached hydrogen (secondary N) is 1. The Hall–Kier alpha value is -1.23. The first kappa shape index (κ1) is 13.7. The van der Waals surface area contributed by atoms with Gasteiger partial charge in [0.05, 0.1) is 5.69 Å². The van der Waals surface area contributed by atoms with Gasteiger partial charge in [-0.05, 0) is 39.0 Å². The van der Waals surface area contributed by atoms with Crippen molar-refractivity contribution in [3.05, 3.63) is 10.6 Å². The minimum atomic E-state index is -0.804. The molecule has 0 spiro atoms. The topological polar surface area (TPSA) is 59.1 Å². The fourth-order valence-corrected chi connectivity index (χ4v) is 4.53. The zero-order valence-electron chi connectivity index (χ0n) is 12.4. The van der Waals surface area contributed by atoms with Gasteiger partial charge in [-0.15, -0.1) is 11.3 Å². The van der Waals surface area contributed by atoms with Crippen LogP contribution >= 0.6 is 11.3 Å². The maximum Gasteiger partial charge on any atom is 0.239 e. The first-order chi connectivity index (χ1) is 9.27. The molecule has 0 radical (unpaired) electrons. The fraction of sp³-hybridized carbons (Fsp3) is 0.667. The summed E-state index contributed by atoms with van der Waals surface area (Å²) < 4.78 is 0. The minimum absolute atomic E-state index is 0.115. The van der Waals surface area contributed by atoms with E-state index in [2.05, 4.69) is 10.3 Å². The molecule has 0 saturated heterocycles. The Bertz CT molecular complexity index is 586. The highest BCUT2D eigenvalue weighted by molar-refractivity contribution is 7.15. The van der Waals surface area contributed by atoms with Crippen LogP contribution in [0.2, 0.25) is 0 Å². The number of aromatic nitrogens is 1. The molecule has 5 heteroatoms. The Morgan fingerprint density at radius 3 is 2.60 bits per heavy atom. The highest BCUT2D eigenvalue weighted by atomic mass is 32.1. The quantitative estimate of drug-likeness (QED) is 0.852. The molecule has 0 unspecified atom stereocenters. The van der Waals surface area contributed by atoms with Crippen molar-refractivity contribution in [2.24, 2.45) is 16.7 Å². The van der Waals surface area contributed by atoms with Crippen LogP contribution < -0.4 is 5.32 Å². The number of aryl methyl sites for hydroxylation is 2. The average Bonchev–Trinajstić information content (AvgIpc) is 2.98. The number of amides is 1. The van der Waals surface area contributed by atoms with E-state index in [0.717, 1.165) is 17.0 Å². The van der Waals surface area contributed by atoms with E-state index in [1.807, 2.05) is 27.7 Å². The van der Waals surface area contributed by atoms with E-state index in [4.69, 9.17) is 0 Å². The normalized spacial score (nSPS) is 30.8. The number of thiazole rings is 1. The van der Waals surface area contributed by atoms with Crippen LogP contribution in [-0.2, 0) is 9.59 Å². The van der Waals surface area contributed by atoms with E-state index in [0.29, 0.717) is 23.9 Å². The molecular weight excluding hydrogens is 272 g/mol. The van der Waals surface area contributed by atoms with Crippen LogP contribution in [0.4, 0.5) is 5.13 Å². The van der Waals surface area contributed by atoms with Gasteiger partial charge < -0.3 is 5.32 Å². The van der Waals surface area contributed by atoms with Gasteiger partial charge in [-0.1, -0.05) is 13.8 Å². The van der Waals surface area contributed by atoms with Crippen LogP contribution in [0.3, 0.4) is 0 Å². The summed E-state index contributed by atoms with van der Waals surface area (Å²) in [7, 11) is 0. The lowest BCUT2D eigenvalue weighted by Crippen LogP contribution is -2.44. The summed E-state index contributed by atoms with van der Waals surface area (Å²) in [5.74, 6) is 0.314. The third-order valence-corrected chi connectivity index (χ3v) is 6.23. The highest BCUT2D eigenvalue weighted by Gasteiger charge is 2.65. The van der Waals surface area contributed by atoms with Crippen LogP contribution in [0.25, 0.3) is 0 Å². The van der Waals surface area contributed by atoms with E-state index < -0.39 is 5.41 Å². The second-order valence-corrected chi connectivity index (χ2v) is 7.89. The molecular formula is C15H20N2O2S. The van der Waals surface area contributed by atoms with E-state index in [1.165, 1.54) is 11.3 Å². The number of nitrogens with zero attached hydrogens (tertiary/aromatic N) is 1. The van der Waals surface area contributed by atoms with Gasteiger partial charge in [0.15, 0.2) is 10.9 Å². The van der Waals surface area contributed by atoms with Crippen molar-refractivity contribution in [2.75, 3.05) is 5.32 Å². The molecule has 1 aromatic rings. The number of rotatable bonds is 2. The van der Waals surface area contributed by atoms with Crippen LogP contribution in [0.5, 0.6) is 0 Å². The molecule has 3 rings (SSSR count). The van der Waals surface area contributed by atoms with Crippen molar-refractivity contribution < 1.29 is 9.59 Å². The van der Waals surface area contributed by atoms with Gasteiger partial charge in [0.1, 0.15) is 5.41 Å². The number of hydrogen-bond acceptors (Lipinski definition) is 4. The maximum atomic E-state index is 12.6. The third kappa shape index (κ3) is 1.68. The summed E-state index contributed by atoms with van der Waals surface area (Å²) in [6.07, 6.45) is 2.37. The van der Waals surface area contributed by atoms with Crippen molar-refractivity contribution in [1.29, 1.82) is 0 Å². The molecule has 0 aromatic carbocycles. The molecule has 0 aliphatic heterocycles. The summed E-state index contributed by atoms with van der Waals surface area (Å²) >= 11 is 1.47. The summed E-state index contributed by atoms with van der Waals surface area (Å²) in [6.45, 7) is 7.86. The second kappa shape index (κ2) is 4.13. The molecule has 2 fully saturated rings. The molecule has 2 aliphatic rings. The standard InChI is InChI=1S/C15H20N2O2S/c1-8-9(2)20-13(16-8)17-12(19)15-6-5-10(7-15)14(3,4)11(15)18/h10H,5-7H2,1-4H3,(H,16,17,19)/t10-,15-/m0/s1. The molecule has 1 heterocycles. The van der Waals surface area contributed by atoms with E-state index in [-0.39, 0.29) is 17.1 Å². The minimum Gasteiger partial charge on any atom is -0.301 e. The van der Waals surface area contributed by atoms with Gasteiger partial charge in [0.25, 0.3) is 0 Å². The van der Waals surface area contributed by atoms with Gasteiger partial charge in [0.2, 0.25) is 5.91 Å². The number of ketones is 1. The fourth-order valence-electron chi connectivity index (χ4n) is 3.72. The first-order valence-corrected chi connectivity index (χ1v) is 7.89. The smallest absolute Gasteiger partial charge is 0.239 e. The molecule has 4 nitrogen and oxygen atoms in total. The first-order valence-electron chi connectivity index (χ1n) is 7.08. The molecule has 1 aromatic heterocycles. The van der Waals surface area contributed by atoms with E-state index in [9.17, 15) is 9.59 Å². The number of hydrogen-bond donors (Lipinski definition) is 1. The van der Waals surface area contributed by atoms with Gasteiger partial charge in [-0.25, -0.2) is 4.98 Å². The number of anilines is 1. The Labute approximate surface area is 123 Å². The highest BCUT2D eigenvalue weighted by Crippen LogP contribution is 2.60. The van der Waals surface area contributed by atoms with Gasteiger partial charge >= 0.3 is 0 Å². The Morgan fingerprint density at radius 1 is 1.40 bits per heavy atom. The number of Topliss-reactive ketones (excluding diaryl/α,β-unsaturated/α-hetero) is 1. The van der Waals surface area contributed by atoms with Crippen molar-refractivity contribution in [2.45, 2.75) is 47.0 Å². The number of carbonyl (C=O) groups excluding carboxylic acids is 2. The van der Waals surface area contributed by atoms with Crippen molar-refractivity contribution in [1.82, 2.24) is 4.98 Å². The Kier molecular flexibility index (Phi) is 2.84. The van der Waals surface area contributed by atoms with Crippen LogP contribution in [-0.4, -0.2) is 16.7 Å². The maximum absolute atomic E-state index is 12.6. The van der Waals surface area contributed by atoms with Crippen LogP contribution in [0.1, 0.15) is 43.7 Å². The van der Waals surface area contributed by atoms with Gasteiger partial charge in [-0.2, -0.15) is 0 Å². The largest absolute Gasteiger partial charge is 0.301 e. The molecule has 108 valence electrons. The van der Waals surface area contributed by atoms with Crippen LogP contribution in [0.15, 0.2) is 0 Å². The molecule has 2 atom stereocenters. The monoisotopic (exact) mass is 292 g/mol. The van der Waals surface area contributed by atoms with Crippen molar-refractivity contribution in [3.63, 3.8) is 0 Å². The summed E-state index contributed by atoms with van der Waals surface area (Å²) in [5.41, 5.74) is -0.225. The molecule has 2 aliphatic carbocycles. The second-order valence-electron chi connectivity index (χ2n) is 6.69. The molecule has 1 amide bonds. The lowest BCUT2D eigenvalue weighted by Gasteiger charge is -2.32. The Balaban J connectivity index is 1.86. The summed E-state index contributed by atoms with van der Waals surface area (Å²) in [5, 5.41) is 3.49. The lowest BCUT2D eigenvalue weighted by molar-refractivity contribution is -0.142. The summed E-state index contributed by atoms with van der Waals surface area (Å²) in [4.78, 5) is 30.7. The summed E-state index contributed by atoms with van der Waals surface area (Å²) in [6, 6.07) is 0. The predicted molar refractivity (Wildman–Crippen MR) is 78.8 cm³/mol. The van der Waals surface area contributed by atoms with Crippen molar-refractivity contribution in [3.8, 4) is 0 Å². The SMILES string of the molecule is Cc1nc(NC(=O)[C@@]23CC[C@@H](C2)C(C)(C)C3=O)sc1C. The zero-order valence-corrected chi connectivity index (χ0v) is 13.2. The number of carbonyl (C=O) groups is 2. The average molecular weight is 292 g/mol. The van der Waals surface area contributed by atoms with Gasteiger partial charge in [-0.3, -0.25) is 9.59 Å². The number of fused-ring (bicyclic) bond motifs is 2. The Morgan fingerprint density at radius 2 is 2.10 bits per heavy atom. The van der Waals surface area contributed by atoms with Crippen molar-refractivity contribution >= 4 is 28.2 Å². The zero-order chi connectivity index (χ0) is 14.7. The van der Waals surface area contributed by atoms with Crippen LogP contribution in [0, 0.1) is 30.6 Å². The molecule has 20 heavy (non-hydrogen) atoms. The lowest BCUT2D eigenvalue weighted by atomic mass is 9.70. The molecule has 2 saturated carbocycles. The molecule has 1 N–H and O–H groups in total. The van der Waals surface area contributed by atoms with E-state index in [1.54, 1.807) is 0 Å². The molecule has 2 bridgehead atoms. The van der Waals surface area contributed by atoms with Gasteiger partial charge in [0, 0.05) is 10.3 Å².